The number of hydrogen-bond donors (Lipinski definition) is 2. The second-order valence-electron chi connectivity index (χ2n) is 3.59. The summed E-state index contributed by atoms with van der Waals surface area (Å²) in [7, 11) is 0. The van der Waals surface area contributed by atoms with Crippen molar-refractivity contribution in [2.45, 2.75) is 31.2 Å². The summed E-state index contributed by atoms with van der Waals surface area (Å²) in [5.41, 5.74) is 4.77. The van der Waals surface area contributed by atoms with Crippen LogP contribution in [0, 0.1) is 0 Å². The van der Waals surface area contributed by atoms with Gasteiger partial charge in [0, 0.05) is 13.2 Å². The molecular formula is C8H15F3N2O. The molecule has 1 aliphatic heterocycles. The summed E-state index contributed by atoms with van der Waals surface area (Å²) in [6, 6.07) is 0. The lowest BCUT2D eigenvalue weighted by Crippen LogP contribution is -2.58. The van der Waals surface area contributed by atoms with E-state index >= 15 is 0 Å². The molecule has 0 amide bonds. The van der Waals surface area contributed by atoms with Gasteiger partial charge in [-0.2, -0.15) is 13.2 Å². The van der Waals surface area contributed by atoms with Crippen molar-refractivity contribution in [1.29, 1.82) is 0 Å². The first kappa shape index (κ1) is 11.7. The molecule has 1 aliphatic rings. The highest BCUT2D eigenvalue weighted by Crippen LogP contribution is 2.26. The Balaban J connectivity index is 2.54. The van der Waals surface area contributed by atoms with Crippen molar-refractivity contribution in [3.05, 3.63) is 0 Å². The van der Waals surface area contributed by atoms with E-state index < -0.39 is 18.3 Å². The second kappa shape index (κ2) is 4.04. The van der Waals surface area contributed by atoms with Crippen molar-refractivity contribution in [3.63, 3.8) is 0 Å². The average Bonchev–Trinajstić information content (AvgIpc) is 2.43. The van der Waals surface area contributed by atoms with Crippen LogP contribution in [0.2, 0.25) is 0 Å². The summed E-state index contributed by atoms with van der Waals surface area (Å²) in [6.07, 6.45) is -3.94. The van der Waals surface area contributed by atoms with E-state index in [1.807, 2.05) is 0 Å². The van der Waals surface area contributed by atoms with E-state index in [0.717, 1.165) is 0 Å². The van der Waals surface area contributed by atoms with Crippen molar-refractivity contribution in [3.8, 4) is 0 Å². The van der Waals surface area contributed by atoms with Crippen LogP contribution in [-0.4, -0.2) is 37.5 Å². The molecule has 2 atom stereocenters. The highest BCUT2D eigenvalue weighted by Gasteiger charge is 2.42. The van der Waals surface area contributed by atoms with Gasteiger partial charge in [0.05, 0.1) is 18.2 Å². The number of ether oxygens (including phenoxy) is 1. The number of halogens is 3. The fourth-order valence-corrected chi connectivity index (χ4v) is 1.63. The lowest BCUT2D eigenvalue weighted by atomic mass is 9.92. The maximum atomic E-state index is 12.0. The molecule has 0 aromatic heterocycles. The van der Waals surface area contributed by atoms with Crippen LogP contribution < -0.4 is 11.1 Å². The maximum Gasteiger partial charge on any atom is 0.401 e. The Morgan fingerprint density at radius 1 is 1.57 bits per heavy atom. The van der Waals surface area contributed by atoms with Crippen molar-refractivity contribution >= 4 is 0 Å². The quantitative estimate of drug-likeness (QED) is 0.722. The minimum atomic E-state index is -4.20. The van der Waals surface area contributed by atoms with Gasteiger partial charge in [-0.05, 0) is 13.3 Å². The zero-order chi connectivity index (χ0) is 10.8. The molecule has 84 valence electrons. The van der Waals surface area contributed by atoms with E-state index in [9.17, 15) is 13.2 Å². The zero-order valence-electron chi connectivity index (χ0n) is 8.03. The molecule has 1 rings (SSSR count). The molecule has 1 heterocycles. The number of rotatable bonds is 3. The van der Waals surface area contributed by atoms with E-state index in [1.54, 1.807) is 6.92 Å². The Hall–Kier alpha value is -0.330. The lowest BCUT2D eigenvalue weighted by molar-refractivity contribution is -0.129. The first-order valence-corrected chi connectivity index (χ1v) is 4.53. The fourth-order valence-electron chi connectivity index (χ4n) is 1.63. The molecule has 3 N–H and O–H groups in total. The standard InChI is InChI=1S/C8H15F3N2O/c1-6-7(4-12,2-3-14-6)13-5-8(9,10)11/h6,13H,2-5,12H2,1H3. The molecule has 2 unspecified atom stereocenters. The maximum absolute atomic E-state index is 12.0. The van der Waals surface area contributed by atoms with Crippen molar-refractivity contribution in [2.75, 3.05) is 19.7 Å². The number of nitrogens with two attached hydrogens (primary N) is 1. The third kappa shape index (κ3) is 2.59. The smallest absolute Gasteiger partial charge is 0.376 e. The third-order valence-corrected chi connectivity index (χ3v) is 2.70. The Kier molecular flexibility index (Phi) is 3.39. The van der Waals surface area contributed by atoms with Crippen LogP contribution in [0.4, 0.5) is 13.2 Å². The van der Waals surface area contributed by atoms with Crippen LogP contribution in [0.3, 0.4) is 0 Å². The van der Waals surface area contributed by atoms with E-state index in [0.29, 0.717) is 13.0 Å². The minimum Gasteiger partial charge on any atom is -0.376 e. The third-order valence-electron chi connectivity index (χ3n) is 2.70. The first-order valence-electron chi connectivity index (χ1n) is 4.53. The highest BCUT2D eigenvalue weighted by atomic mass is 19.4. The minimum absolute atomic E-state index is 0.157. The van der Waals surface area contributed by atoms with Crippen LogP contribution >= 0.6 is 0 Å². The monoisotopic (exact) mass is 212 g/mol. The summed E-state index contributed by atoms with van der Waals surface area (Å²) in [5, 5.41) is 2.46. The molecule has 0 radical (unpaired) electrons. The second-order valence-corrected chi connectivity index (χ2v) is 3.59. The number of alkyl halides is 3. The average molecular weight is 212 g/mol. The summed E-state index contributed by atoms with van der Waals surface area (Å²) in [6.45, 7) is 1.34. The number of nitrogens with one attached hydrogen (secondary N) is 1. The van der Waals surface area contributed by atoms with Crippen LogP contribution in [0.25, 0.3) is 0 Å². The predicted molar refractivity (Wildman–Crippen MR) is 45.9 cm³/mol. The lowest BCUT2D eigenvalue weighted by Gasteiger charge is -2.32. The van der Waals surface area contributed by atoms with Gasteiger partial charge < -0.3 is 10.5 Å². The molecule has 0 aromatic rings. The fraction of sp³-hybridized carbons (Fsp3) is 1.00. The molecule has 0 aliphatic carbocycles. The van der Waals surface area contributed by atoms with Gasteiger partial charge in [-0.15, -0.1) is 0 Å². The number of hydrogen-bond acceptors (Lipinski definition) is 3. The first-order chi connectivity index (χ1) is 6.40. The molecule has 0 bridgehead atoms. The van der Waals surface area contributed by atoms with Crippen molar-refractivity contribution in [2.24, 2.45) is 5.73 Å². The summed E-state index contributed by atoms with van der Waals surface area (Å²) < 4.78 is 41.2. The molecule has 6 heteroatoms. The van der Waals surface area contributed by atoms with Crippen LogP contribution in [0.15, 0.2) is 0 Å². The van der Waals surface area contributed by atoms with Gasteiger partial charge in [-0.25, -0.2) is 0 Å². The van der Waals surface area contributed by atoms with Gasteiger partial charge >= 0.3 is 6.18 Å². The van der Waals surface area contributed by atoms with Gasteiger partial charge in [0.15, 0.2) is 0 Å². The van der Waals surface area contributed by atoms with Gasteiger partial charge in [-0.3, -0.25) is 5.32 Å². The molecule has 3 nitrogen and oxygen atoms in total. The SMILES string of the molecule is CC1OCCC1(CN)NCC(F)(F)F. The summed E-state index contributed by atoms with van der Waals surface area (Å²) in [5.74, 6) is 0. The summed E-state index contributed by atoms with van der Waals surface area (Å²) >= 11 is 0. The van der Waals surface area contributed by atoms with E-state index in [1.165, 1.54) is 0 Å². The summed E-state index contributed by atoms with van der Waals surface area (Å²) in [4.78, 5) is 0. The van der Waals surface area contributed by atoms with E-state index in [2.05, 4.69) is 5.32 Å². The Morgan fingerprint density at radius 2 is 2.21 bits per heavy atom. The van der Waals surface area contributed by atoms with Gasteiger partial charge in [0.1, 0.15) is 0 Å². The topological polar surface area (TPSA) is 47.3 Å². The molecule has 0 spiro atoms. The van der Waals surface area contributed by atoms with E-state index in [4.69, 9.17) is 10.5 Å². The molecule has 0 aromatic carbocycles. The zero-order valence-corrected chi connectivity index (χ0v) is 8.03. The molecular weight excluding hydrogens is 197 g/mol. The normalized spacial score (nSPS) is 33.6. The molecule has 0 saturated carbocycles. The Bertz CT molecular complexity index is 198. The Morgan fingerprint density at radius 3 is 2.57 bits per heavy atom. The molecule has 1 saturated heterocycles. The van der Waals surface area contributed by atoms with E-state index in [-0.39, 0.29) is 12.6 Å². The van der Waals surface area contributed by atoms with Crippen LogP contribution in [0.5, 0.6) is 0 Å². The molecule has 14 heavy (non-hydrogen) atoms. The van der Waals surface area contributed by atoms with Gasteiger partial charge in [-0.1, -0.05) is 0 Å². The predicted octanol–water partition coefficient (Wildman–Crippen LogP) is 0.645. The van der Waals surface area contributed by atoms with Gasteiger partial charge in [0.2, 0.25) is 0 Å². The Labute approximate surface area is 80.8 Å². The van der Waals surface area contributed by atoms with Crippen LogP contribution in [0.1, 0.15) is 13.3 Å². The van der Waals surface area contributed by atoms with Gasteiger partial charge in [0.25, 0.3) is 0 Å². The van der Waals surface area contributed by atoms with Crippen LogP contribution in [-0.2, 0) is 4.74 Å². The molecule has 1 fully saturated rings. The highest BCUT2D eigenvalue weighted by molar-refractivity contribution is 4.98. The van der Waals surface area contributed by atoms with Crippen molar-refractivity contribution in [1.82, 2.24) is 5.32 Å². The van der Waals surface area contributed by atoms with Crippen molar-refractivity contribution < 1.29 is 17.9 Å². The largest absolute Gasteiger partial charge is 0.401 e.